The zero-order chi connectivity index (χ0) is 17.1. The number of halogens is 1. The van der Waals surface area contributed by atoms with Crippen molar-refractivity contribution in [1.29, 1.82) is 0 Å². The zero-order valence-electron chi connectivity index (χ0n) is 14.0. The molecule has 3 rings (SSSR count). The van der Waals surface area contributed by atoms with E-state index in [1.807, 2.05) is 30.5 Å². The van der Waals surface area contributed by atoms with Gasteiger partial charge in [-0.15, -0.1) is 0 Å². The first-order valence-corrected chi connectivity index (χ1v) is 8.10. The smallest absolute Gasteiger partial charge is 0.144 e. The standard InChI is InChI=1S/C20H19ClN2O/c1-14-11-16(15(2)23(14)18-7-5-4-6-8-18)13-22-19-12-17(21)9-10-20(19)24-3/h4-13H,1-3H3. The Hall–Kier alpha value is -2.52. The van der Waals surface area contributed by atoms with Crippen LogP contribution in [0.1, 0.15) is 17.0 Å². The Bertz CT molecular complexity index is 882. The van der Waals surface area contributed by atoms with Crippen molar-refractivity contribution in [2.75, 3.05) is 7.11 Å². The summed E-state index contributed by atoms with van der Waals surface area (Å²) in [5, 5.41) is 0.637. The van der Waals surface area contributed by atoms with E-state index in [1.165, 1.54) is 5.69 Å². The van der Waals surface area contributed by atoms with Crippen molar-refractivity contribution in [3.63, 3.8) is 0 Å². The molecule has 0 atom stereocenters. The molecule has 0 saturated heterocycles. The maximum atomic E-state index is 6.06. The van der Waals surface area contributed by atoms with E-state index in [2.05, 4.69) is 41.6 Å². The van der Waals surface area contributed by atoms with Gasteiger partial charge in [0.1, 0.15) is 11.4 Å². The fourth-order valence-corrected chi connectivity index (χ4v) is 2.96. The van der Waals surface area contributed by atoms with Crippen molar-refractivity contribution in [1.82, 2.24) is 4.57 Å². The first kappa shape index (κ1) is 16.3. The molecule has 0 radical (unpaired) electrons. The Kier molecular flexibility index (Phi) is 4.72. The molecule has 0 amide bonds. The fourth-order valence-electron chi connectivity index (χ4n) is 2.80. The first-order valence-electron chi connectivity index (χ1n) is 7.72. The van der Waals surface area contributed by atoms with Crippen LogP contribution in [-0.4, -0.2) is 17.9 Å². The topological polar surface area (TPSA) is 26.5 Å². The quantitative estimate of drug-likeness (QED) is 0.576. The predicted molar refractivity (Wildman–Crippen MR) is 101 cm³/mol. The van der Waals surface area contributed by atoms with Gasteiger partial charge in [0.15, 0.2) is 0 Å². The monoisotopic (exact) mass is 338 g/mol. The number of aromatic nitrogens is 1. The third kappa shape index (κ3) is 3.22. The summed E-state index contributed by atoms with van der Waals surface area (Å²) in [5.41, 5.74) is 5.24. The lowest BCUT2D eigenvalue weighted by atomic mass is 10.2. The third-order valence-corrected chi connectivity index (χ3v) is 4.20. The molecule has 1 aromatic heterocycles. The summed E-state index contributed by atoms with van der Waals surface area (Å²) in [6.07, 6.45) is 1.86. The molecule has 0 aliphatic heterocycles. The minimum Gasteiger partial charge on any atom is -0.494 e. The largest absolute Gasteiger partial charge is 0.494 e. The second-order valence-corrected chi connectivity index (χ2v) is 6.01. The highest BCUT2D eigenvalue weighted by molar-refractivity contribution is 6.30. The van der Waals surface area contributed by atoms with Crippen molar-refractivity contribution in [3.8, 4) is 11.4 Å². The van der Waals surface area contributed by atoms with Crippen molar-refractivity contribution in [2.45, 2.75) is 13.8 Å². The fraction of sp³-hybridized carbons (Fsp3) is 0.150. The van der Waals surface area contributed by atoms with Gasteiger partial charge in [-0.25, -0.2) is 0 Å². The lowest BCUT2D eigenvalue weighted by Gasteiger charge is -2.09. The van der Waals surface area contributed by atoms with Gasteiger partial charge in [-0.2, -0.15) is 0 Å². The minimum absolute atomic E-state index is 0.637. The Morgan fingerprint density at radius 1 is 1.04 bits per heavy atom. The van der Waals surface area contributed by atoms with E-state index in [4.69, 9.17) is 16.3 Å². The van der Waals surface area contributed by atoms with Crippen LogP contribution in [0.3, 0.4) is 0 Å². The van der Waals surface area contributed by atoms with Crippen LogP contribution in [0.5, 0.6) is 5.75 Å². The van der Waals surface area contributed by atoms with E-state index in [9.17, 15) is 0 Å². The van der Waals surface area contributed by atoms with Crippen LogP contribution in [0, 0.1) is 13.8 Å². The molecule has 0 spiro atoms. The molecule has 0 bridgehead atoms. The average molecular weight is 339 g/mol. The summed E-state index contributed by atoms with van der Waals surface area (Å²) in [6, 6.07) is 17.8. The SMILES string of the molecule is COc1ccc(Cl)cc1N=Cc1cc(C)n(-c2ccccc2)c1C. The highest BCUT2D eigenvalue weighted by Crippen LogP contribution is 2.30. The van der Waals surface area contributed by atoms with Crippen LogP contribution in [-0.2, 0) is 0 Å². The maximum Gasteiger partial charge on any atom is 0.144 e. The van der Waals surface area contributed by atoms with Crippen molar-refractivity contribution in [2.24, 2.45) is 4.99 Å². The second kappa shape index (κ2) is 6.93. The molecule has 0 N–H and O–H groups in total. The highest BCUT2D eigenvalue weighted by atomic mass is 35.5. The molecular weight excluding hydrogens is 320 g/mol. The van der Waals surface area contributed by atoms with Gasteiger partial charge in [0.25, 0.3) is 0 Å². The van der Waals surface area contributed by atoms with Gasteiger partial charge in [0.05, 0.1) is 7.11 Å². The van der Waals surface area contributed by atoms with E-state index in [0.717, 1.165) is 22.6 Å². The van der Waals surface area contributed by atoms with Crippen molar-refractivity contribution < 1.29 is 4.74 Å². The number of aryl methyl sites for hydroxylation is 1. The van der Waals surface area contributed by atoms with E-state index in [-0.39, 0.29) is 0 Å². The summed E-state index contributed by atoms with van der Waals surface area (Å²) in [6.45, 7) is 4.19. The Morgan fingerprint density at radius 3 is 2.50 bits per heavy atom. The summed E-state index contributed by atoms with van der Waals surface area (Å²) < 4.78 is 7.56. The third-order valence-electron chi connectivity index (χ3n) is 3.97. The van der Waals surface area contributed by atoms with Gasteiger partial charge in [-0.05, 0) is 50.2 Å². The van der Waals surface area contributed by atoms with Crippen LogP contribution in [0.25, 0.3) is 5.69 Å². The number of rotatable bonds is 4. The van der Waals surface area contributed by atoms with E-state index < -0.39 is 0 Å². The molecule has 0 fully saturated rings. The maximum absolute atomic E-state index is 6.06. The number of aliphatic imine (C=N–C) groups is 1. The van der Waals surface area contributed by atoms with Gasteiger partial charge in [0.2, 0.25) is 0 Å². The highest BCUT2D eigenvalue weighted by Gasteiger charge is 2.09. The number of ether oxygens (including phenoxy) is 1. The number of benzene rings is 2. The summed E-state index contributed by atoms with van der Waals surface area (Å²) >= 11 is 6.06. The molecular formula is C20H19ClN2O. The lowest BCUT2D eigenvalue weighted by molar-refractivity contribution is 0.416. The van der Waals surface area contributed by atoms with Gasteiger partial charge in [-0.1, -0.05) is 29.8 Å². The van der Waals surface area contributed by atoms with Crippen LogP contribution < -0.4 is 4.74 Å². The van der Waals surface area contributed by atoms with E-state index in [1.54, 1.807) is 19.2 Å². The van der Waals surface area contributed by atoms with Gasteiger partial charge < -0.3 is 9.30 Å². The molecule has 0 aliphatic carbocycles. The Balaban J connectivity index is 1.99. The first-order chi connectivity index (χ1) is 11.6. The molecule has 0 saturated carbocycles. The number of hydrogen-bond donors (Lipinski definition) is 0. The molecule has 4 heteroatoms. The number of nitrogens with zero attached hydrogens (tertiary/aromatic N) is 2. The molecule has 0 unspecified atom stereocenters. The normalized spacial score (nSPS) is 11.2. The van der Waals surface area contributed by atoms with E-state index in [0.29, 0.717) is 10.8 Å². The van der Waals surface area contributed by atoms with Gasteiger partial charge in [-0.3, -0.25) is 4.99 Å². The Morgan fingerprint density at radius 2 is 1.79 bits per heavy atom. The molecule has 24 heavy (non-hydrogen) atoms. The van der Waals surface area contributed by atoms with Gasteiger partial charge in [0, 0.05) is 33.9 Å². The minimum atomic E-state index is 0.637. The summed E-state index contributed by atoms with van der Waals surface area (Å²) in [7, 11) is 1.63. The van der Waals surface area contributed by atoms with Crippen LogP contribution in [0.15, 0.2) is 59.6 Å². The zero-order valence-corrected chi connectivity index (χ0v) is 14.7. The molecule has 2 aromatic carbocycles. The molecule has 3 nitrogen and oxygen atoms in total. The Labute approximate surface area is 147 Å². The average Bonchev–Trinajstić information content (AvgIpc) is 2.87. The molecule has 0 aliphatic rings. The van der Waals surface area contributed by atoms with Crippen LogP contribution in [0.2, 0.25) is 5.02 Å². The number of methoxy groups -OCH3 is 1. The summed E-state index contributed by atoms with van der Waals surface area (Å²) in [4.78, 5) is 4.57. The second-order valence-electron chi connectivity index (χ2n) is 5.57. The number of hydrogen-bond acceptors (Lipinski definition) is 2. The molecule has 122 valence electrons. The lowest BCUT2D eigenvalue weighted by Crippen LogP contribution is -1.99. The van der Waals surface area contributed by atoms with Crippen LogP contribution in [0.4, 0.5) is 5.69 Å². The molecule has 3 aromatic rings. The van der Waals surface area contributed by atoms with Crippen molar-refractivity contribution in [3.05, 3.63) is 76.6 Å². The van der Waals surface area contributed by atoms with E-state index >= 15 is 0 Å². The molecule has 1 heterocycles. The van der Waals surface area contributed by atoms with Gasteiger partial charge >= 0.3 is 0 Å². The van der Waals surface area contributed by atoms with Crippen molar-refractivity contribution >= 4 is 23.5 Å². The van der Waals surface area contributed by atoms with Crippen LogP contribution >= 0.6 is 11.6 Å². The number of para-hydroxylation sites is 1. The summed E-state index contributed by atoms with van der Waals surface area (Å²) in [5.74, 6) is 0.701. The predicted octanol–water partition coefficient (Wildman–Crippen LogP) is 5.51.